The molecule has 3 atom stereocenters. The van der Waals surface area contributed by atoms with Crippen molar-refractivity contribution in [1.29, 1.82) is 0 Å². The number of hydrogen-bond donors (Lipinski definition) is 2. The quantitative estimate of drug-likeness (QED) is 0.852. The van der Waals surface area contributed by atoms with Crippen LogP contribution in [0.2, 0.25) is 0 Å². The van der Waals surface area contributed by atoms with Gasteiger partial charge in [-0.1, -0.05) is 18.2 Å². The summed E-state index contributed by atoms with van der Waals surface area (Å²) in [6.07, 6.45) is 1.83. The van der Waals surface area contributed by atoms with Crippen molar-refractivity contribution in [2.75, 3.05) is 5.32 Å². The Balaban J connectivity index is 1.66. The number of para-hydroxylation sites is 1. The van der Waals surface area contributed by atoms with Crippen molar-refractivity contribution in [3.63, 3.8) is 0 Å². The number of hydrogen-bond acceptors (Lipinski definition) is 3. The van der Waals surface area contributed by atoms with Crippen molar-refractivity contribution in [1.82, 2.24) is 5.32 Å². The van der Waals surface area contributed by atoms with Gasteiger partial charge in [0.1, 0.15) is 12.1 Å². The molecule has 0 radical (unpaired) electrons. The number of fused-ring (bicyclic) bond motifs is 1. The summed E-state index contributed by atoms with van der Waals surface area (Å²) < 4.78 is 5.53. The highest BCUT2D eigenvalue weighted by atomic mass is 16.5. The molecular weight excluding hydrogens is 256 g/mol. The van der Waals surface area contributed by atoms with Gasteiger partial charge in [0.15, 0.2) is 0 Å². The standard InChI is InChI=1S/C15H18N2O3/c1-9-6-7-13(20-9)15(19)17-12-8-10-4-2-3-5-11(10)16-14(12)18/h2-5,9,12-13H,6-8H2,1H3,(H,16,18)(H,17,19)/t9-,12?,13-/m1/s1. The molecule has 1 fully saturated rings. The van der Waals surface area contributed by atoms with E-state index in [9.17, 15) is 9.59 Å². The van der Waals surface area contributed by atoms with Crippen LogP contribution in [-0.2, 0) is 20.7 Å². The summed E-state index contributed by atoms with van der Waals surface area (Å²) >= 11 is 0. The third-order valence-electron chi connectivity index (χ3n) is 3.86. The predicted molar refractivity (Wildman–Crippen MR) is 74.3 cm³/mol. The lowest BCUT2D eigenvalue weighted by Gasteiger charge is -2.26. The molecule has 5 heteroatoms. The molecule has 1 unspecified atom stereocenters. The smallest absolute Gasteiger partial charge is 0.249 e. The van der Waals surface area contributed by atoms with Gasteiger partial charge in [0.05, 0.1) is 6.10 Å². The molecule has 0 spiro atoms. The molecule has 1 aromatic carbocycles. The van der Waals surface area contributed by atoms with Gasteiger partial charge in [-0.2, -0.15) is 0 Å². The lowest BCUT2D eigenvalue weighted by molar-refractivity contribution is -0.134. The van der Waals surface area contributed by atoms with Gasteiger partial charge >= 0.3 is 0 Å². The molecule has 0 saturated carbocycles. The maximum atomic E-state index is 12.1. The lowest BCUT2D eigenvalue weighted by Crippen LogP contribution is -2.50. The third-order valence-corrected chi connectivity index (χ3v) is 3.86. The van der Waals surface area contributed by atoms with E-state index in [0.29, 0.717) is 6.42 Å². The van der Waals surface area contributed by atoms with Crippen LogP contribution in [0.3, 0.4) is 0 Å². The van der Waals surface area contributed by atoms with Crippen LogP contribution in [0.15, 0.2) is 24.3 Å². The molecule has 0 aliphatic carbocycles. The van der Waals surface area contributed by atoms with Gasteiger partial charge in [-0.05, 0) is 31.4 Å². The Morgan fingerprint density at radius 2 is 2.15 bits per heavy atom. The summed E-state index contributed by atoms with van der Waals surface area (Å²) in [7, 11) is 0. The topological polar surface area (TPSA) is 67.4 Å². The molecule has 2 aliphatic rings. The molecular formula is C15H18N2O3. The Hall–Kier alpha value is -1.88. The van der Waals surface area contributed by atoms with Gasteiger partial charge in [-0.15, -0.1) is 0 Å². The number of anilines is 1. The zero-order valence-corrected chi connectivity index (χ0v) is 11.4. The fourth-order valence-corrected chi connectivity index (χ4v) is 2.73. The van der Waals surface area contributed by atoms with Crippen LogP contribution in [0.5, 0.6) is 0 Å². The van der Waals surface area contributed by atoms with E-state index in [4.69, 9.17) is 4.74 Å². The lowest BCUT2D eigenvalue weighted by atomic mass is 9.99. The first-order valence-corrected chi connectivity index (χ1v) is 6.98. The first-order valence-electron chi connectivity index (χ1n) is 6.98. The number of carbonyl (C=O) groups excluding carboxylic acids is 2. The third kappa shape index (κ3) is 2.54. The van der Waals surface area contributed by atoms with E-state index in [1.54, 1.807) is 0 Å². The van der Waals surface area contributed by atoms with Crippen LogP contribution in [0.25, 0.3) is 0 Å². The molecule has 2 N–H and O–H groups in total. The van der Waals surface area contributed by atoms with Crippen LogP contribution >= 0.6 is 0 Å². The minimum atomic E-state index is -0.517. The summed E-state index contributed by atoms with van der Waals surface area (Å²) in [5.74, 6) is -0.350. The largest absolute Gasteiger partial charge is 0.365 e. The highest BCUT2D eigenvalue weighted by molar-refractivity contribution is 6.00. The van der Waals surface area contributed by atoms with Crippen molar-refractivity contribution in [2.45, 2.75) is 44.4 Å². The molecule has 2 heterocycles. The minimum Gasteiger partial charge on any atom is -0.365 e. The molecule has 0 bridgehead atoms. The SMILES string of the molecule is C[C@@H]1CC[C@H](C(=O)NC2Cc3ccccc3NC2=O)O1. The predicted octanol–water partition coefficient (Wildman–Crippen LogP) is 1.23. The maximum absolute atomic E-state index is 12.1. The second-order valence-electron chi connectivity index (χ2n) is 5.42. The monoisotopic (exact) mass is 274 g/mol. The van der Waals surface area contributed by atoms with Crippen molar-refractivity contribution in [3.05, 3.63) is 29.8 Å². The first-order chi connectivity index (χ1) is 9.63. The summed E-state index contributed by atoms with van der Waals surface area (Å²) in [4.78, 5) is 24.1. The summed E-state index contributed by atoms with van der Waals surface area (Å²) in [6, 6.07) is 7.12. The second-order valence-corrected chi connectivity index (χ2v) is 5.42. The molecule has 5 nitrogen and oxygen atoms in total. The van der Waals surface area contributed by atoms with Gasteiger partial charge in [0.25, 0.3) is 0 Å². The molecule has 106 valence electrons. The van der Waals surface area contributed by atoms with Gasteiger partial charge in [0.2, 0.25) is 11.8 Å². The van der Waals surface area contributed by atoms with Gasteiger partial charge in [-0.3, -0.25) is 9.59 Å². The average Bonchev–Trinajstić information content (AvgIpc) is 2.86. The first kappa shape index (κ1) is 13.1. The zero-order chi connectivity index (χ0) is 14.1. The number of amides is 2. The fraction of sp³-hybridized carbons (Fsp3) is 0.467. The Bertz CT molecular complexity index is 544. The highest BCUT2D eigenvalue weighted by Gasteiger charge is 2.33. The summed E-state index contributed by atoms with van der Waals surface area (Å²) in [5, 5.41) is 5.62. The van der Waals surface area contributed by atoms with Crippen molar-refractivity contribution in [2.24, 2.45) is 0 Å². The molecule has 2 aliphatic heterocycles. The zero-order valence-electron chi connectivity index (χ0n) is 11.4. The van der Waals surface area contributed by atoms with E-state index in [2.05, 4.69) is 10.6 Å². The Kier molecular flexibility index (Phi) is 3.44. The van der Waals surface area contributed by atoms with Crippen LogP contribution < -0.4 is 10.6 Å². The molecule has 1 aromatic rings. The second kappa shape index (κ2) is 5.25. The number of benzene rings is 1. The Morgan fingerprint density at radius 3 is 2.90 bits per heavy atom. The van der Waals surface area contributed by atoms with Gasteiger partial charge in [0, 0.05) is 12.1 Å². The van der Waals surface area contributed by atoms with Crippen LogP contribution in [0.1, 0.15) is 25.3 Å². The average molecular weight is 274 g/mol. The maximum Gasteiger partial charge on any atom is 0.249 e. The number of ether oxygens (including phenoxy) is 1. The van der Waals surface area contributed by atoms with E-state index >= 15 is 0 Å². The summed E-state index contributed by atoms with van der Waals surface area (Å²) in [5.41, 5.74) is 1.87. The van der Waals surface area contributed by atoms with Crippen LogP contribution in [0, 0.1) is 0 Å². The van der Waals surface area contributed by atoms with E-state index < -0.39 is 12.1 Å². The number of carbonyl (C=O) groups is 2. The number of nitrogens with one attached hydrogen (secondary N) is 2. The van der Waals surface area contributed by atoms with Gasteiger partial charge < -0.3 is 15.4 Å². The van der Waals surface area contributed by atoms with E-state index in [1.807, 2.05) is 31.2 Å². The molecule has 3 rings (SSSR count). The summed E-state index contributed by atoms with van der Waals surface area (Å²) in [6.45, 7) is 1.96. The van der Waals surface area contributed by atoms with E-state index in [-0.39, 0.29) is 17.9 Å². The normalized spacial score (nSPS) is 28.6. The Labute approximate surface area is 117 Å². The fourth-order valence-electron chi connectivity index (χ4n) is 2.73. The van der Waals surface area contributed by atoms with Gasteiger partial charge in [-0.25, -0.2) is 0 Å². The molecule has 1 saturated heterocycles. The molecule has 2 amide bonds. The van der Waals surface area contributed by atoms with Crippen LogP contribution in [-0.4, -0.2) is 30.1 Å². The van der Waals surface area contributed by atoms with Crippen molar-refractivity contribution >= 4 is 17.5 Å². The van der Waals surface area contributed by atoms with Crippen molar-refractivity contribution in [3.8, 4) is 0 Å². The Morgan fingerprint density at radius 1 is 1.35 bits per heavy atom. The number of rotatable bonds is 2. The molecule has 20 heavy (non-hydrogen) atoms. The van der Waals surface area contributed by atoms with E-state index in [1.165, 1.54) is 0 Å². The highest BCUT2D eigenvalue weighted by Crippen LogP contribution is 2.23. The van der Waals surface area contributed by atoms with Crippen molar-refractivity contribution < 1.29 is 14.3 Å². The van der Waals surface area contributed by atoms with E-state index in [0.717, 1.165) is 24.1 Å². The van der Waals surface area contributed by atoms with Crippen LogP contribution in [0.4, 0.5) is 5.69 Å². The molecule has 0 aromatic heterocycles. The minimum absolute atomic E-state index is 0.117.